The van der Waals surface area contributed by atoms with Crippen molar-refractivity contribution in [1.82, 2.24) is 0 Å². The maximum atomic E-state index is 10.3. The second-order valence-electron chi connectivity index (χ2n) is 7.77. The SMILES string of the molecule is C[C@]12CC[C@H]3C(=CC=C4C[C@@H](N)C=C[C@@]43C)[C@@H]1C=C[C@@H]2O. The van der Waals surface area contributed by atoms with Gasteiger partial charge in [-0.05, 0) is 25.2 Å². The number of allylic oxidation sites excluding steroid dienone is 5. The minimum atomic E-state index is -0.294. The predicted octanol–water partition coefficient (Wildman–Crippen LogP) is 3.11. The fourth-order valence-corrected chi connectivity index (χ4v) is 5.10. The highest BCUT2D eigenvalue weighted by Crippen LogP contribution is 2.60. The second-order valence-corrected chi connectivity index (χ2v) is 7.77. The summed E-state index contributed by atoms with van der Waals surface area (Å²) in [6, 6.07) is 0.168. The van der Waals surface area contributed by atoms with Gasteiger partial charge in [-0.3, -0.25) is 0 Å². The van der Waals surface area contributed by atoms with Crippen molar-refractivity contribution < 1.29 is 5.11 Å². The summed E-state index contributed by atoms with van der Waals surface area (Å²) in [6.07, 6.45) is 16.4. The lowest BCUT2D eigenvalue weighted by Gasteiger charge is -2.52. The quantitative estimate of drug-likeness (QED) is 0.671. The highest BCUT2D eigenvalue weighted by Gasteiger charge is 2.53. The third-order valence-corrected chi connectivity index (χ3v) is 6.64. The topological polar surface area (TPSA) is 46.2 Å². The van der Waals surface area contributed by atoms with Crippen LogP contribution in [0.1, 0.15) is 33.1 Å². The van der Waals surface area contributed by atoms with E-state index in [4.69, 9.17) is 5.73 Å². The summed E-state index contributed by atoms with van der Waals surface area (Å²) in [7, 11) is 0. The first kappa shape index (κ1) is 13.5. The summed E-state index contributed by atoms with van der Waals surface area (Å²) in [5.74, 6) is 0.958. The molecule has 0 heterocycles. The van der Waals surface area contributed by atoms with Gasteiger partial charge in [0.1, 0.15) is 0 Å². The number of fused-ring (bicyclic) bond motifs is 5. The molecule has 2 heteroatoms. The molecule has 0 radical (unpaired) electrons. The van der Waals surface area contributed by atoms with Crippen molar-refractivity contribution >= 4 is 0 Å². The van der Waals surface area contributed by atoms with Gasteiger partial charge in [0.05, 0.1) is 6.10 Å². The van der Waals surface area contributed by atoms with E-state index < -0.39 is 0 Å². The highest BCUT2D eigenvalue weighted by molar-refractivity contribution is 5.45. The van der Waals surface area contributed by atoms with Gasteiger partial charge in [-0.2, -0.15) is 0 Å². The maximum Gasteiger partial charge on any atom is 0.0783 e. The number of aliphatic hydroxyl groups excluding tert-OH is 1. The fourth-order valence-electron chi connectivity index (χ4n) is 5.10. The van der Waals surface area contributed by atoms with Crippen LogP contribution >= 0.6 is 0 Å². The molecule has 0 saturated heterocycles. The Labute approximate surface area is 127 Å². The van der Waals surface area contributed by atoms with Gasteiger partial charge in [0, 0.05) is 22.8 Å². The monoisotopic (exact) mass is 283 g/mol. The maximum absolute atomic E-state index is 10.3. The number of hydrogen-bond acceptors (Lipinski definition) is 2. The van der Waals surface area contributed by atoms with Crippen LogP contribution in [0.5, 0.6) is 0 Å². The van der Waals surface area contributed by atoms with Gasteiger partial charge in [0.2, 0.25) is 0 Å². The zero-order valence-electron chi connectivity index (χ0n) is 12.9. The van der Waals surface area contributed by atoms with Gasteiger partial charge in [-0.15, -0.1) is 0 Å². The lowest BCUT2D eigenvalue weighted by molar-refractivity contribution is 0.0277. The first-order valence-electron chi connectivity index (χ1n) is 8.17. The van der Waals surface area contributed by atoms with E-state index in [1.807, 2.05) is 6.08 Å². The van der Waals surface area contributed by atoms with Crippen molar-refractivity contribution in [3.05, 3.63) is 47.6 Å². The molecule has 2 nitrogen and oxygen atoms in total. The van der Waals surface area contributed by atoms with Gasteiger partial charge in [0.25, 0.3) is 0 Å². The zero-order valence-corrected chi connectivity index (χ0v) is 12.9. The van der Waals surface area contributed by atoms with Crippen molar-refractivity contribution in [2.75, 3.05) is 0 Å². The third kappa shape index (κ3) is 1.66. The average Bonchev–Trinajstić information content (AvgIpc) is 2.76. The Morgan fingerprint density at radius 2 is 2.00 bits per heavy atom. The van der Waals surface area contributed by atoms with E-state index in [-0.39, 0.29) is 23.0 Å². The van der Waals surface area contributed by atoms with E-state index in [9.17, 15) is 5.11 Å². The number of rotatable bonds is 0. The standard InChI is InChI=1S/C19H25NO/c1-18-9-7-13(20)11-12(18)3-4-14-15-5-6-17(21)19(15,2)10-8-16(14)18/h3-7,9,13,15-17,21H,8,10-11,20H2,1-2H3/t13-,15-,16-,17-,18-,19-/m0/s1. The molecule has 0 spiro atoms. The average molecular weight is 283 g/mol. The van der Waals surface area contributed by atoms with Crippen molar-refractivity contribution in [3.63, 3.8) is 0 Å². The molecule has 0 aliphatic heterocycles. The van der Waals surface area contributed by atoms with Crippen LogP contribution in [0.3, 0.4) is 0 Å². The van der Waals surface area contributed by atoms with Crippen LogP contribution in [0.2, 0.25) is 0 Å². The Morgan fingerprint density at radius 1 is 1.19 bits per heavy atom. The van der Waals surface area contributed by atoms with Gasteiger partial charge < -0.3 is 10.8 Å². The third-order valence-electron chi connectivity index (χ3n) is 6.64. The normalized spacial score (nSPS) is 50.9. The molecule has 0 aromatic carbocycles. The Hall–Kier alpha value is -1.12. The summed E-state index contributed by atoms with van der Waals surface area (Å²) in [5, 5.41) is 10.3. The van der Waals surface area contributed by atoms with Crippen LogP contribution in [0.15, 0.2) is 47.6 Å². The van der Waals surface area contributed by atoms with Crippen molar-refractivity contribution in [3.8, 4) is 0 Å². The smallest absolute Gasteiger partial charge is 0.0783 e. The molecule has 1 saturated carbocycles. The fraction of sp³-hybridized carbons (Fsp3) is 0.579. The molecule has 4 rings (SSSR count). The van der Waals surface area contributed by atoms with E-state index in [1.165, 1.54) is 11.1 Å². The number of aliphatic hydroxyl groups is 1. The molecule has 6 atom stereocenters. The van der Waals surface area contributed by atoms with Crippen molar-refractivity contribution in [1.29, 1.82) is 0 Å². The Bertz CT molecular complexity index is 599. The largest absolute Gasteiger partial charge is 0.388 e. The lowest BCUT2D eigenvalue weighted by Crippen LogP contribution is -2.46. The van der Waals surface area contributed by atoms with Gasteiger partial charge in [-0.25, -0.2) is 0 Å². The van der Waals surface area contributed by atoms with Gasteiger partial charge in [-0.1, -0.05) is 61.4 Å². The highest BCUT2D eigenvalue weighted by atomic mass is 16.3. The molecule has 21 heavy (non-hydrogen) atoms. The van der Waals surface area contributed by atoms with E-state index in [1.54, 1.807) is 0 Å². The van der Waals surface area contributed by atoms with Gasteiger partial charge >= 0.3 is 0 Å². The molecular weight excluding hydrogens is 258 g/mol. The van der Waals surface area contributed by atoms with E-state index in [0.29, 0.717) is 11.8 Å². The van der Waals surface area contributed by atoms with E-state index in [0.717, 1.165) is 19.3 Å². The molecule has 3 N–H and O–H groups in total. The molecule has 0 aromatic heterocycles. The second kappa shape index (κ2) is 4.21. The van der Waals surface area contributed by atoms with Crippen molar-refractivity contribution in [2.24, 2.45) is 28.4 Å². The summed E-state index contributed by atoms with van der Waals surface area (Å²) in [4.78, 5) is 0. The molecule has 0 aromatic rings. The molecular formula is C19H25NO. The van der Waals surface area contributed by atoms with E-state index in [2.05, 4.69) is 44.2 Å². The predicted molar refractivity (Wildman–Crippen MR) is 85.5 cm³/mol. The summed E-state index contributed by atoms with van der Waals surface area (Å²) >= 11 is 0. The molecule has 0 bridgehead atoms. The summed E-state index contributed by atoms with van der Waals surface area (Å²) < 4.78 is 0. The minimum Gasteiger partial charge on any atom is -0.388 e. The molecule has 112 valence electrons. The van der Waals surface area contributed by atoms with Crippen LogP contribution in [0.4, 0.5) is 0 Å². The zero-order chi connectivity index (χ0) is 14.8. The lowest BCUT2D eigenvalue weighted by atomic mass is 9.52. The minimum absolute atomic E-state index is 0.00117. The van der Waals surface area contributed by atoms with Crippen LogP contribution in [0, 0.1) is 22.7 Å². The summed E-state index contributed by atoms with van der Waals surface area (Å²) in [6.45, 7) is 4.62. The van der Waals surface area contributed by atoms with Crippen molar-refractivity contribution in [2.45, 2.75) is 45.3 Å². The molecule has 1 fully saturated rings. The van der Waals surface area contributed by atoms with Gasteiger partial charge in [0.15, 0.2) is 0 Å². The number of nitrogens with two attached hydrogens (primary N) is 1. The van der Waals surface area contributed by atoms with Crippen LogP contribution in [-0.2, 0) is 0 Å². The Kier molecular flexibility index (Phi) is 2.71. The Morgan fingerprint density at radius 3 is 2.81 bits per heavy atom. The first-order chi connectivity index (χ1) is 9.95. The number of hydrogen-bond donors (Lipinski definition) is 2. The molecule has 0 unspecified atom stereocenters. The van der Waals surface area contributed by atoms with Crippen LogP contribution in [0.25, 0.3) is 0 Å². The Balaban J connectivity index is 1.79. The molecule has 0 amide bonds. The molecule has 4 aliphatic rings. The molecule has 4 aliphatic carbocycles. The van der Waals surface area contributed by atoms with E-state index >= 15 is 0 Å². The first-order valence-corrected chi connectivity index (χ1v) is 8.17. The van der Waals surface area contributed by atoms with Crippen LogP contribution < -0.4 is 5.73 Å². The van der Waals surface area contributed by atoms with Crippen LogP contribution in [-0.4, -0.2) is 17.3 Å². The summed E-state index contributed by atoms with van der Waals surface area (Å²) in [5.41, 5.74) is 9.23.